The lowest BCUT2D eigenvalue weighted by Crippen LogP contribution is -2.25. The molecule has 1 N–H and O–H groups in total. The van der Waals surface area contributed by atoms with Gasteiger partial charge in [-0.05, 0) is 18.6 Å². The van der Waals surface area contributed by atoms with Crippen molar-refractivity contribution in [3.8, 4) is 0 Å². The molecule has 0 aliphatic heterocycles. The van der Waals surface area contributed by atoms with Crippen molar-refractivity contribution >= 4 is 11.6 Å². The molecule has 0 amide bonds. The average molecular weight is 285 g/mol. The van der Waals surface area contributed by atoms with Gasteiger partial charge in [0.05, 0.1) is 5.69 Å². The fourth-order valence-corrected chi connectivity index (χ4v) is 2.36. The number of pyridine rings is 1. The van der Waals surface area contributed by atoms with Crippen LogP contribution in [0.5, 0.6) is 0 Å². The smallest absolute Gasteiger partial charge is 0.356 e. The lowest BCUT2D eigenvalue weighted by molar-refractivity contribution is 0.0688. The second-order valence-electron chi connectivity index (χ2n) is 4.87. The number of nitrogens with zero attached hydrogens (tertiary/aromatic N) is 3. The predicted octanol–water partition coefficient (Wildman–Crippen LogP) is 2.51. The molecule has 0 radical (unpaired) electrons. The first-order valence-corrected chi connectivity index (χ1v) is 6.72. The van der Waals surface area contributed by atoms with E-state index in [1.807, 2.05) is 29.7 Å². The van der Waals surface area contributed by atoms with E-state index >= 15 is 0 Å². The SMILES string of the molecule is C=CCN(CC=C)Cc1c(C(=O)O)nc2c(C)cccn12. The van der Waals surface area contributed by atoms with Crippen molar-refractivity contribution in [3.63, 3.8) is 0 Å². The highest BCUT2D eigenvalue weighted by Crippen LogP contribution is 2.18. The fourth-order valence-electron chi connectivity index (χ4n) is 2.36. The van der Waals surface area contributed by atoms with Gasteiger partial charge < -0.3 is 9.51 Å². The van der Waals surface area contributed by atoms with Crippen molar-refractivity contribution in [2.24, 2.45) is 0 Å². The molecule has 2 aromatic heterocycles. The lowest BCUT2D eigenvalue weighted by Gasteiger charge is -2.18. The second-order valence-corrected chi connectivity index (χ2v) is 4.87. The van der Waals surface area contributed by atoms with Gasteiger partial charge in [0, 0.05) is 25.8 Å². The van der Waals surface area contributed by atoms with Crippen molar-refractivity contribution in [1.29, 1.82) is 0 Å². The Morgan fingerprint density at radius 2 is 2.10 bits per heavy atom. The summed E-state index contributed by atoms with van der Waals surface area (Å²) in [5.41, 5.74) is 2.40. The molecular formula is C16H19N3O2. The molecule has 21 heavy (non-hydrogen) atoms. The van der Waals surface area contributed by atoms with E-state index in [2.05, 4.69) is 23.0 Å². The Morgan fingerprint density at radius 3 is 2.67 bits per heavy atom. The Bertz CT molecular complexity index is 678. The Kier molecular flexibility index (Phi) is 4.55. The molecule has 110 valence electrons. The number of carboxylic acids is 1. The number of aryl methyl sites for hydroxylation is 1. The van der Waals surface area contributed by atoms with Gasteiger partial charge in [0.1, 0.15) is 5.65 Å². The quantitative estimate of drug-likeness (QED) is 0.794. The molecule has 0 unspecified atom stereocenters. The molecule has 2 rings (SSSR count). The van der Waals surface area contributed by atoms with Gasteiger partial charge in [-0.1, -0.05) is 18.2 Å². The molecule has 2 heterocycles. The molecule has 0 fully saturated rings. The molecular weight excluding hydrogens is 266 g/mol. The number of carbonyl (C=O) groups is 1. The Morgan fingerprint density at radius 1 is 1.43 bits per heavy atom. The first kappa shape index (κ1) is 15.0. The first-order valence-electron chi connectivity index (χ1n) is 6.72. The third-order valence-corrected chi connectivity index (χ3v) is 3.29. The molecule has 0 saturated carbocycles. The third-order valence-electron chi connectivity index (χ3n) is 3.29. The number of rotatable bonds is 7. The van der Waals surface area contributed by atoms with E-state index in [1.54, 1.807) is 12.2 Å². The van der Waals surface area contributed by atoms with Crippen molar-refractivity contribution in [2.75, 3.05) is 13.1 Å². The molecule has 0 spiro atoms. The molecule has 0 atom stereocenters. The largest absolute Gasteiger partial charge is 0.476 e. The highest BCUT2D eigenvalue weighted by atomic mass is 16.4. The topological polar surface area (TPSA) is 57.8 Å². The van der Waals surface area contributed by atoms with Gasteiger partial charge in [-0.3, -0.25) is 4.90 Å². The van der Waals surface area contributed by atoms with Crippen LogP contribution in [0.3, 0.4) is 0 Å². The number of carboxylic acid groups (broad SMARTS) is 1. The summed E-state index contributed by atoms with van der Waals surface area (Å²) in [5.74, 6) is -1.01. The van der Waals surface area contributed by atoms with Gasteiger partial charge in [0.15, 0.2) is 5.69 Å². The summed E-state index contributed by atoms with van der Waals surface area (Å²) in [6.45, 7) is 11.2. The number of fused-ring (bicyclic) bond motifs is 1. The molecule has 0 bridgehead atoms. The van der Waals surface area contributed by atoms with E-state index < -0.39 is 5.97 Å². The van der Waals surface area contributed by atoms with E-state index in [-0.39, 0.29) is 5.69 Å². The highest BCUT2D eigenvalue weighted by molar-refractivity contribution is 5.88. The van der Waals surface area contributed by atoms with Crippen LogP contribution < -0.4 is 0 Å². The van der Waals surface area contributed by atoms with Crippen LogP contribution in [0.2, 0.25) is 0 Å². The number of hydrogen-bond acceptors (Lipinski definition) is 3. The van der Waals surface area contributed by atoms with Gasteiger partial charge in [-0.25, -0.2) is 9.78 Å². The van der Waals surface area contributed by atoms with Crippen molar-refractivity contribution in [3.05, 3.63) is 60.6 Å². The summed E-state index contributed by atoms with van der Waals surface area (Å²) >= 11 is 0. The van der Waals surface area contributed by atoms with Crippen LogP contribution in [0, 0.1) is 6.92 Å². The molecule has 5 heteroatoms. The van der Waals surface area contributed by atoms with Gasteiger partial charge in [0.25, 0.3) is 0 Å². The molecule has 0 saturated heterocycles. The van der Waals surface area contributed by atoms with E-state index in [4.69, 9.17) is 0 Å². The van der Waals surface area contributed by atoms with Gasteiger partial charge in [0.2, 0.25) is 0 Å². The lowest BCUT2D eigenvalue weighted by atomic mass is 10.2. The summed E-state index contributed by atoms with van der Waals surface area (Å²) in [6.07, 6.45) is 5.42. The molecule has 0 aliphatic rings. The Hall–Kier alpha value is -2.40. The zero-order valence-electron chi connectivity index (χ0n) is 12.1. The number of aromatic carboxylic acids is 1. The normalized spacial score (nSPS) is 11.0. The van der Waals surface area contributed by atoms with E-state index in [0.29, 0.717) is 31.0 Å². The summed E-state index contributed by atoms with van der Waals surface area (Å²) in [4.78, 5) is 17.8. The first-order chi connectivity index (χ1) is 10.1. The van der Waals surface area contributed by atoms with Crippen molar-refractivity contribution in [1.82, 2.24) is 14.3 Å². The fraction of sp³-hybridized carbons (Fsp3) is 0.250. The van der Waals surface area contributed by atoms with Crippen LogP contribution in [-0.2, 0) is 6.54 Å². The zero-order chi connectivity index (χ0) is 15.4. The average Bonchev–Trinajstić information content (AvgIpc) is 2.80. The highest BCUT2D eigenvalue weighted by Gasteiger charge is 2.20. The Labute approximate surface area is 123 Å². The summed E-state index contributed by atoms with van der Waals surface area (Å²) in [7, 11) is 0. The van der Waals surface area contributed by atoms with Crippen LogP contribution in [0.1, 0.15) is 21.7 Å². The molecule has 0 aliphatic carbocycles. The number of imidazole rings is 1. The van der Waals surface area contributed by atoms with Crippen LogP contribution in [0.15, 0.2) is 43.6 Å². The predicted molar refractivity (Wildman–Crippen MR) is 82.6 cm³/mol. The van der Waals surface area contributed by atoms with E-state index in [1.165, 1.54) is 0 Å². The summed E-state index contributed by atoms with van der Waals surface area (Å²) in [6, 6.07) is 3.81. The third kappa shape index (κ3) is 3.03. The van der Waals surface area contributed by atoms with Gasteiger partial charge in [-0.15, -0.1) is 13.2 Å². The number of hydrogen-bond donors (Lipinski definition) is 1. The zero-order valence-corrected chi connectivity index (χ0v) is 12.1. The second kappa shape index (κ2) is 6.37. The minimum atomic E-state index is -1.01. The van der Waals surface area contributed by atoms with Crippen molar-refractivity contribution < 1.29 is 9.90 Å². The van der Waals surface area contributed by atoms with Crippen LogP contribution in [0.25, 0.3) is 5.65 Å². The van der Waals surface area contributed by atoms with Gasteiger partial charge in [-0.2, -0.15) is 0 Å². The van der Waals surface area contributed by atoms with Crippen LogP contribution in [0.4, 0.5) is 0 Å². The van der Waals surface area contributed by atoms with Gasteiger partial charge >= 0.3 is 5.97 Å². The van der Waals surface area contributed by atoms with Crippen molar-refractivity contribution in [2.45, 2.75) is 13.5 Å². The maximum atomic E-state index is 11.5. The maximum Gasteiger partial charge on any atom is 0.356 e. The molecule has 2 aromatic rings. The number of aromatic nitrogens is 2. The Balaban J connectivity index is 2.52. The molecule has 0 aromatic carbocycles. The minimum absolute atomic E-state index is 0.0995. The van der Waals surface area contributed by atoms with E-state index in [9.17, 15) is 9.90 Å². The summed E-state index contributed by atoms with van der Waals surface area (Å²) < 4.78 is 1.85. The maximum absolute atomic E-state index is 11.5. The van der Waals surface area contributed by atoms with E-state index in [0.717, 1.165) is 5.56 Å². The standard InChI is InChI=1S/C16H19N3O2/c1-4-8-18(9-5-2)11-13-14(16(20)21)17-15-12(3)7-6-10-19(13)15/h4-7,10H,1-2,8-9,11H2,3H3,(H,20,21). The monoisotopic (exact) mass is 285 g/mol. The van der Waals surface area contributed by atoms with Crippen LogP contribution >= 0.6 is 0 Å². The summed E-state index contributed by atoms with van der Waals surface area (Å²) in [5, 5.41) is 9.40. The van der Waals surface area contributed by atoms with Crippen LogP contribution in [-0.4, -0.2) is 38.4 Å². The molecule has 5 nitrogen and oxygen atoms in total. The minimum Gasteiger partial charge on any atom is -0.476 e.